The molecule has 0 amide bonds. The van der Waals surface area contributed by atoms with Crippen LogP contribution >= 0.6 is 11.3 Å². The predicted octanol–water partition coefficient (Wildman–Crippen LogP) is 1.61. The van der Waals surface area contributed by atoms with Gasteiger partial charge in [0, 0.05) is 10.9 Å². The second kappa shape index (κ2) is 5.81. The van der Waals surface area contributed by atoms with Crippen LogP contribution in [0.15, 0.2) is 34.6 Å². The van der Waals surface area contributed by atoms with Crippen LogP contribution < -0.4 is 16.4 Å². The normalized spacial score (nSPS) is 9.55. The number of nitrogens with two attached hydrogens (primary N) is 2. The number of aromatic nitrogens is 1. The summed E-state index contributed by atoms with van der Waals surface area (Å²) < 4.78 is 0. The minimum absolute atomic E-state index is 0.0580. The summed E-state index contributed by atoms with van der Waals surface area (Å²) in [4.78, 5) is 9.32. The molecule has 0 spiro atoms. The maximum absolute atomic E-state index is 9.03. The highest BCUT2D eigenvalue weighted by molar-refractivity contribution is 7.13. The highest BCUT2D eigenvalue weighted by atomic mass is 32.1. The van der Waals surface area contributed by atoms with Crippen LogP contribution in [0.3, 0.4) is 0 Å². The molecule has 1 aromatic carbocycles. The van der Waals surface area contributed by atoms with Crippen LogP contribution in [-0.4, -0.2) is 17.3 Å². The van der Waals surface area contributed by atoms with Crippen LogP contribution in [0.5, 0.6) is 0 Å². The van der Waals surface area contributed by atoms with E-state index in [9.17, 15) is 0 Å². The Kier molecular flexibility index (Phi) is 3.93. The number of thiazole rings is 1. The summed E-state index contributed by atoms with van der Waals surface area (Å²) in [6.45, 7) is 0. The molecule has 0 saturated carbocycles. The first-order chi connectivity index (χ1) is 9.65. The number of guanidine groups is 1. The van der Waals surface area contributed by atoms with E-state index in [0.29, 0.717) is 16.5 Å². The van der Waals surface area contributed by atoms with Crippen molar-refractivity contribution in [3.05, 3.63) is 29.6 Å². The van der Waals surface area contributed by atoms with Gasteiger partial charge in [0.1, 0.15) is 6.34 Å². The first kappa shape index (κ1) is 13.5. The van der Waals surface area contributed by atoms with Crippen LogP contribution in [0.4, 0.5) is 10.8 Å². The molecule has 0 aliphatic rings. The summed E-state index contributed by atoms with van der Waals surface area (Å²) in [5, 5.41) is 18.5. The first-order valence-electron chi connectivity index (χ1n) is 5.50. The molecule has 100 valence electrons. The highest BCUT2D eigenvalue weighted by Gasteiger charge is 2.12. The predicted molar refractivity (Wildman–Crippen MR) is 79.9 cm³/mol. The zero-order valence-electron chi connectivity index (χ0n) is 10.3. The molecule has 0 radical (unpaired) electrons. The molecule has 0 unspecified atom stereocenters. The minimum atomic E-state index is -0.0580. The molecule has 20 heavy (non-hydrogen) atoms. The van der Waals surface area contributed by atoms with Gasteiger partial charge in [0.05, 0.1) is 11.4 Å². The average Bonchev–Trinajstić information content (AvgIpc) is 2.88. The monoisotopic (exact) mass is 285 g/mol. The Balaban J connectivity index is 2.48. The van der Waals surface area contributed by atoms with E-state index in [1.165, 1.54) is 11.3 Å². The number of benzene rings is 1. The van der Waals surface area contributed by atoms with Crippen molar-refractivity contribution in [3.8, 4) is 17.5 Å². The van der Waals surface area contributed by atoms with Crippen molar-refractivity contribution in [1.82, 2.24) is 4.98 Å². The van der Waals surface area contributed by atoms with Crippen LogP contribution in [-0.2, 0) is 0 Å². The van der Waals surface area contributed by atoms with Gasteiger partial charge >= 0.3 is 0 Å². The topological polar surface area (TPSA) is 128 Å². The smallest absolute Gasteiger partial charge is 0.212 e. The molecule has 5 N–H and O–H groups in total. The second-order valence-electron chi connectivity index (χ2n) is 3.67. The molecular formula is C12H11N7S. The van der Waals surface area contributed by atoms with Gasteiger partial charge in [-0.3, -0.25) is 5.41 Å². The molecule has 8 heteroatoms. The van der Waals surface area contributed by atoms with Crippen molar-refractivity contribution in [1.29, 1.82) is 10.7 Å². The molecule has 0 bridgehead atoms. The number of nitrogens with one attached hydrogen (secondary N) is 1. The Bertz CT molecular complexity index is 694. The van der Waals surface area contributed by atoms with Crippen molar-refractivity contribution in [2.75, 3.05) is 4.90 Å². The third-order valence-electron chi connectivity index (χ3n) is 2.39. The first-order valence-corrected chi connectivity index (χ1v) is 6.37. The molecule has 0 aliphatic carbocycles. The molecular weight excluding hydrogens is 274 g/mol. The van der Waals surface area contributed by atoms with E-state index in [0.717, 1.165) is 16.8 Å². The van der Waals surface area contributed by atoms with Gasteiger partial charge in [0.15, 0.2) is 12.2 Å². The van der Waals surface area contributed by atoms with Gasteiger partial charge in [0.2, 0.25) is 5.13 Å². The summed E-state index contributed by atoms with van der Waals surface area (Å²) in [5.74, 6) is -0.0580. The number of anilines is 1. The van der Waals surface area contributed by atoms with Gasteiger partial charge in [-0.25, -0.2) is 9.88 Å². The molecule has 1 heterocycles. The summed E-state index contributed by atoms with van der Waals surface area (Å²) in [7, 11) is 0. The van der Waals surface area contributed by atoms with E-state index in [2.05, 4.69) is 9.98 Å². The maximum atomic E-state index is 9.03. The molecule has 2 rings (SSSR count). The van der Waals surface area contributed by atoms with Gasteiger partial charge in [-0.05, 0) is 6.07 Å². The average molecular weight is 285 g/mol. The van der Waals surface area contributed by atoms with Crippen molar-refractivity contribution in [3.63, 3.8) is 0 Å². The Hall–Kier alpha value is -2.92. The molecule has 0 aliphatic heterocycles. The summed E-state index contributed by atoms with van der Waals surface area (Å²) in [6.07, 6.45) is 2.86. The Morgan fingerprint density at radius 2 is 2.20 bits per heavy atom. The maximum Gasteiger partial charge on any atom is 0.212 e. The number of aliphatic imine (C=N–C) groups is 1. The van der Waals surface area contributed by atoms with Gasteiger partial charge in [-0.2, -0.15) is 10.3 Å². The van der Waals surface area contributed by atoms with Gasteiger partial charge in [0.25, 0.3) is 0 Å². The second-order valence-corrected chi connectivity index (χ2v) is 4.50. The summed E-state index contributed by atoms with van der Waals surface area (Å²) in [5.41, 5.74) is 12.6. The molecule has 0 saturated heterocycles. The molecule has 0 fully saturated rings. The lowest BCUT2D eigenvalue weighted by Crippen LogP contribution is -2.21. The van der Waals surface area contributed by atoms with Gasteiger partial charge in [-0.1, -0.05) is 18.2 Å². The van der Waals surface area contributed by atoms with E-state index in [1.54, 1.807) is 17.5 Å². The Morgan fingerprint density at radius 1 is 1.45 bits per heavy atom. The lowest BCUT2D eigenvalue weighted by Gasteiger charge is -2.12. The highest BCUT2D eigenvalue weighted by Crippen LogP contribution is 2.33. The van der Waals surface area contributed by atoms with E-state index in [4.69, 9.17) is 22.1 Å². The van der Waals surface area contributed by atoms with Crippen molar-refractivity contribution in [2.45, 2.75) is 0 Å². The number of nitrogens with zero attached hydrogens (tertiary/aromatic N) is 4. The van der Waals surface area contributed by atoms with E-state index in [1.807, 2.05) is 18.3 Å². The molecule has 1 aromatic heterocycles. The quantitative estimate of drug-likeness (QED) is 0.340. The van der Waals surface area contributed by atoms with Crippen LogP contribution in [0, 0.1) is 16.9 Å². The van der Waals surface area contributed by atoms with E-state index < -0.39 is 0 Å². The molecule has 2 aromatic rings. The fourth-order valence-electron chi connectivity index (χ4n) is 1.60. The number of nitriles is 1. The third-order valence-corrected chi connectivity index (χ3v) is 3.13. The largest absolute Gasteiger partial charge is 0.370 e. The lowest BCUT2D eigenvalue weighted by molar-refractivity contribution is 1.30. The summed E-state index contributed by atoms with van der Waals surface area (Å²) >= 11 is 1.29. The van der Waals surface area contributed by atoms with E-state index >= 15 is 0 Å². The van der Waals surface area contributed by atoms with Gasteiger partial charge < -0.3 is 11.5 Å². The number of para-hydroxylation sites is 1. The minimum Gasteiger partial charge on any atom is -0.370 e. The zero-order chi connectivity index (χ0) is 14.5. The Labute approximate surface area is 119 Å². The van der Waals surface area contributed by atoms with Gasteiger partial charge in [-0.15, -0.1) is 11.3 Å². The summed E-state index contributed by atoms with van der Waals surface area (Å²) in [6, 6.07) is 7.18. The Morgan fingerprint density at radius 3 is 2.85 bits per heavy atom. The molecule has 0 atom stereocenters. The fraction of sp³-hybridized carbons (Fsp3) is 0. The number of hydrogen-bond acceptors (Lipinski definition) is 5. The van der Waals surface area contributed by atoms with E-state index in [-0.39, 0.29) is 5.96 Å². The van der Waals surface area contributed by atoms with Crippen molar-refractivity contribution >= 4 is 34.5 Å². The number of rotatable bonds is 4. The van der Waals surface area contributed by atoms with Crippen LogP contribution in [0.1, 0.15) is 0 Å². The lowest BCUT2D eigenvalue weighted by atomic mass is 10.1. The molecule has 7 nitrogen and oxygen atoms in total. The van der Waals surface area contributed by atoms with Crippen molar-refractivity contribution < 1.29 is 0 Å². The SMILES string of the molecule is N#CN(C=N)c1ccccc1-c1csc(N=C(N)N)n1. The third kappa shape index (κ3) is 2.73. The number of hydrogen-bond donors (Lipinski definition) is 3. The van der Waals surface area contributed by atoms with Crippen LogP contribution in [0.2, 0.25) is 0 Å². The standard InChI is InChI=1S/C12H11N7S/c13-6-19(7-14)10-4-2-1-3-8(10)9-5-20-12(17-9)18-11(15)16/h1-6,13H,(H4,15,16,17,18). The van der Waals surface area contributed by atoms with Crippen LogP contribution in [0.25, 0.3) is 11.3 Å². The zero-order valence-corrected chi connectivity index (χ0v) is 11.1. The van der Waals surface area contributed by atoms with Crippen molar-refractivity contribution in [2.24, 2.45) is 16.5 Å². The fourth-order valence-corrected chi connectivity index (χ4v) is 2.31.